The van der Waals surface area contributed by atoms with Gasteiger partial charge in [-0.3, -0.25) is 4.79 Å². The number of halogens is 1. The Labute approximate surface area is 123 Å². The molecule has 1 unspecified atom stereocenters. The van der Waals surface area contributed by atoms with E-state index in [4.69, 9.17) is 23.1 Å². The fraction of sp³-hybridized carbons (Fsp3) is 0.0833. The molecule has 6 nitrogen and oxygen atoms in total. The Bertz CT molecular complexity index is 767. The van der Waals surface area contributed by atoms with Crippen LogP contribution in [0.15, 0.2) is 17.5 Å². The second kappa shape index (κ2) is 4.18. The van der Waals surface area contributed by atoms with Gasteiger partial charge in [-0.1, -0.05) is 17.7 Å². The molecule has 1 amide bonds. The standard InChI is InChI=1S/C12H8ClN5OS/c13-9-5(4-14)8-7(10(15)17-9)11(19)18-12(8,16)6-2-1-3-20-6/h1-3H,16H2,(H2,15,17)(H,18,19). The highest BCUT2D eigenvalue weighted by atomic mass is 35.5. The maximum Gasteiger partial charge on any atom is 0.257 e. The number of nitrogen functional groups attached to an aromatic ring is 1. The van der Waals surface area contributed by atoms with Crippen LogP contribution in [0.1, 0.15) is 26.4 Å². The molecule has 0 bridgehead atoms. The number of rotatable bonds is 1. The summed E-state index contributed by atoms with van der Waals surface area (Å²) in [6, 6.07) is 5.52. The summed E-state index contributed by atoms with van der Waals surface area (Å²) in [6.45, 7) is 0. The second-order valence-corrected chi connectivity index (χ2v) is 5.57. The van der Waals surface area contributed by atoms with E-state index in [-0.39, 0.29) is 27.7 Å². The van der Waals surface area contributed by atoms with Crippen molar-refractivity contribution < 1.29 is 4.79 Å². The number of amides is 1. The quantitative estimate of drug-likeness (QED) is 0.683. The number of nitrogens with zero attached hydrogens (tertiary/aromatic N) is 2. The highest BCUT2D eigenvalue weighted by Crippen LogP contribution is 2.40. The number of nitrogens with two attached hydrogens (primary N) is 2. The zero-order valence-corrected chi connectivity index (χ0v) is 11.5. The summed E-state index contributed by atoms with van der Waals surface area (Å²) in [5, 5.41) is 13.7. The maximum absolute atomic E-state index is 12.1. The van der Waals surface area contributed by atoms with E-state index in [1.807, 2.05) is 11.4 Å². The van der Waals surface area contributed by atoms with Crippen LogP contribution < -0.4 is 16.8 Å². The zero-order chi connectivity index (χ0) is 14.5. The number of hydrogen-bond donors (Lipinski definition) is 3. The Balaban J connectivity index is 2.41. The first-order valence-electron chi connectivity index (χ1n) is 5.54. The number of fused-ring (bicyclic) bond motifs is 1. The van der Waals surface area contributed by atoms with E-state index in [1.165, 1.54) is 11.3 Å². The predicted octanol–water partition coefficient (Wildman–Crippen LogP) is 1.15. The van der Waals surface area contributed by atoms with Crippen molar-refractivity contribution in [1.29, 1.82) is 5.26 Å². The number of anilines is 1. The van der Waals surface area contributed by atoms with E-state index < -0.39 is 11.6 Å². The normalized spacial score (nSPS) is 20.4. The van der Waals surface area contributed by atoms with E-state index >= 15 is 0 Å². The highest BCUT2D eigenvalue weighted by molar-refractivity contribution is 7.10. The monoisotopic (exact) mass is 305 g/mol. The molecule has 0 spiro atoms. The van der Waals surface area contributed by atoms with Crippen LogP contribution in [-0.2, 0) is 5.66 Å². The minimum atomic E-state index is -1.31. The van der Waals surface area contributed by atoms with E-state index in [2.05, 4.69) is 10.3 Å². The van der Waals surface area contributed by atoms with Gasteiger partial charge in [0.15, 0.2) is 5.66 Å². The van der Waals surface area contributed by atoms with Gasteiger partial charge in [0.05, 0.1) is 11.1 Å². The van der Waals surface area contributed by atoms with Gasteiger partial charge in [-0.05, 0) is 11.4 Å². The van der Waals surface area contributed by atoms with E-state index in [9.17, 15) is 10.1 Å². The third-order valence-corrected chi connectivity index (χ3v) is 4.41. The van der Waals surface area contributed by atoms with Gasteiger partial charge in [-0.25, -0.2) is 4.98 Å². The molecule has 2 aromatic heterocycles. The molecule has 0 aliphatic carbocycles. The molecule has 20 heavy (non-hydrogen) atoms. The molecule has 0 saturated carbocycles. The van der Waals surface area contributed by atoms with Crippen LogP contribution in [0.25, 0.3) is 0 Å². The Morgan fingerprint density at radius 1 is 1.55 bits per heavy atom. The van der Waals surface area contributed by atoms with Crippen molar-refractivity contribution in [3.63, 3.8) is 0 Å². The van der Waals surface area contributed by atoms with Crippen LogP contribution in [-0.4, -0.2) is 10.9 Å². The molecular formula is C12H8ClN5OS. The summed E-state index contributed by atoms with van der Waals surface area (Å²) < 4.78 is 0. The van der Waals surface area contributed by atoms with Crippen molar-refractivity contribution in [1.82, 2.24) is 10.3 Å². The van der Waals surface area contributed by atoms with Crippen LogP contribution in [0.3, 0.4) is 0 Å². The molecule has 2 aromatic rings. The number of carbonyl (C=O) groups is 1. The molecule has 1 aliphatic rings. The summed E-state index contributed by atoms with van der Waals surface area (Å²) in [6.07, 6.45) is 0. The highest BCUT2D eigenvalue weighted by Gasteiger charge is 2.46. The molecule has 1 atom stereocenters. The van der Waals surface area contributed by atoms with Gasteiger partial charge in [0, 0.05) is 10.4 Å². The zero-order valence-electron chi connectivity index (χ0n) is 9.98. The molecule has 8 heteroatoms. The summed E-state index contributed by atoms with van der Waals surface area (Å²) >= 11 is 7.31. The summed E-state index contributed by atoms with van der Waals surface area (Å²) in [5.41, 5.74) is 11.2. The minimum Gasteiger partial charge on any atom is -0.383 e. The Morgan fingerprint density at radius 3 is 2.90 bits per heavy atom. The van der Waals surface area contributed by atoms with Crippen LogP contribution in [0.5, 0.6) is 0 Å². The number of nitriles is 1. The number of thiophene rings is 1. The first-order chi connectivity index (χ1) is 9.49. The topological polar surface area (TPSA) is 118 Å². The van der Waals surface area contributed by atoms with E-state index in [0.717, 1.165) is 0 Å². The van der Waals surface area contributed by atoms with Crippen LogP contribution >= 0.6 is 22.9 Å². The Hall–Kier alpha value is -2.14. The Kier molecular flexibility index (Phi) is 2.69. The summed E-state index contributed by atoms with van der Waals surface area (Å²) in [7, 11) is 0. The van der Waals surface area contributed by atoms with Gasteiger partial charge in [0.2, 0.25) is 0 Å². The van der Waals surface area contributed by atoms with Crippen molar-refractivity contribution in [3.8, 4) is 6.07 Å². The first-order valence-corrected chi connectivity index (χ1v) is 6.79. The maximum atomic E-state index is 12.1. The second-order valence-electron chi connectivity index (χ2n) is 4.26. The van der Waals surface area contributed by atoms with Gasteiger partial charge in [0.1, 0.15) is 17.0 Å². The molecule has 3 rings (SSSR count). The van der Waals surface area contributed by atoms with Gasteiger partial charge in [-0.2, -0.15) is 5.26 Å². The Morgan fingerprint density at radius 2 is 2.30 bits per heavy atom. The summed E-state index contributed by atoms with van der Waals surface area (Å²) in [4.78, 5) is 16.6. The van der Waals surface area contributed by atoms with Gasteiger partial charge in [0.25, 0.3) is 5.91 Å². The lowest BCUT2D eigenvalue weighted by atomic mass is 9.94. The number of nitrogens with one attached hydrogen (secondary N) is 1. The van der Waals surface area contributed by atoms with Crippen molar-refractivity contribution in [2.24, 2.45) is 5.73 Å². The van der Waals surface area contributed by atoms with E-state index in [0.29, 0.717) is 4.88 Å². The third kappa shape index (κ3) is 1.53. The third-order valence-electron chi connectivity index (χ3n) is 3.13. The SMILES string of the molecule is N#Cc1c(Cl)nc(N)c2c1C(N)(c1cccs1)NC2=O. The molecule has 5 N–H and O–H groups in total. The molecule has 0 fully saturated rings. The fourth-order valence-electron chi connectivity index (χ4n) is 2.29. The lowest BCUT2D eigenvalue weighted by molar-refractivity contribution is 0.0943. The lowest BCUT2D eigenvalue weighted by Crippen LogP contribution is -2.48. The molecule has 100 valence electrons. The predicted molar refractivity (Wildman–Crippen MR) is 75.1 cm³/mol. The molecule has 0 aromatic carbocycles. The minimum absolute atomic E-state index is 0.0367. The van der Waals surface area contributed by atoms with Crippen LogP contribution in [0.2, 0.25) is 5.15 Å². The smallest absolute Gasteiger partial charge is 0.257 e. The van der Waals surface area contributed by atoms with Crippen LogP contribution in [0, 0.1) is 11.3 Å². The summed E-state index contributed by atoms with van der Waals surface area (Å²) in [5.74, 6) is -0.501. The fourth-order valence-corrected chi connectivity index (χ4v) is 3.32. The van der Waals surface area contributed by atoms with Crippen molar-refractivity contribution in [2.45, 2.75) is 5.66 Å². The largest absolute Gasteiger partial charge is 0.383 e. The van der Waals surface area contributed by atoms with Crippen molar-refractivity contribution >= 4 is 34.7 Å². The van der Waals surface area contributed by atoms with Gasteiger partial charge >= 0.3 is 0 Å². The van der Waals surface area contributed by atoms with Crippen molar-refractivity contribution in [2.75, 3.05) is 5.73 Å². The lowest BCUT2D eigenvalue weighted by Gasteiger charge is -2.24. The number of pyridine rings is 1. The average molecular weight is 306 g/mol. The first kappa shape index (κ1) is 12.9. The average Bonchev–Trinajstić information content (AvgIpc) is 2.98. The number of aromatic nitrogens is 1. The van der Waals surface area contributed by atoms with Crippen molar-refractivity contribution in [3.05, 3.63) is 44.2 Å². The number of hydrogen-bond acceptors (Lipinski definition) is 6. The van der Waals surface area contributed by atoms with Gasteiger partial charge < -0.3 is 16.8 Å². The number of carbonyl (C=O) groups excluding carboxylic acids is 1. The molecule has 0 radical (unpaired) electrons. The molecule has 1 aliphatic heterocycles. The van der Waals surface area contributed by atoms with Gasteiger partial charge in [-0.15, -0.1) is 11.3 Å². The molecular weight excluding hydrogens is 298 g/mol. The van der Waals surface area contributed by atoms with Crippen LogP contribution in [0.4, 0.5) is 5.82 Å². The molecule has 3 heterocycles. The molecule has 0 saturated heterocycles. The van der Waals surface area contributed by atoms with E-state index in [1.54, 1.807) is 12.1 Å².